The zero-order valence-electron chi connectivity index (χ0n) is 12.5. The van der Waals surface area contributed by atoms with Crippen LogP contribution in [0.1, 0.15) is 5.56 Å². The van der Waals surface area contributed by atoms with E-state index in [1.165, 1.54) is 6.07 Å². The zero-order chi connectivity index (χ0) is 16.1. The van der Waals surface area contributed by atoms with E-state index in [4.69, 9.17) is 9.84 Å². The largest absolute Gasteiger partial charge is 0.480 e. The molecule has 1 aliphatic heterocycles. The van der Waals surface area contributed by atoms with Crippen LogP contribution in [-0.2, 0) is 16.1 Å². The monoisotopic (exact) mass is 374 g/mol. The van der Waals surface area contributed by atoms with Gasteiger partial charge in [0, 0.05) is 26.2 Å². The Morgan fingerprint density at radius 2 is 2.36 bits per heavy atom. The minimum Gasteiger partial charge on any atom is -0.480 e. The van der Waals surface area contributed by atoms with Crippen LogP contribution in [0.25, 0.3) is 0 Å². The lowest BCUT2D eigenvalue weighted by atomic mass is 10.2. The van der Waals surface area contributed by atoms with Crippen molar-refractivity contribution in [1.29, 1.82) is 0 Å². The fraction of sp³-hybridized carbons (Fsp3) is 0.533. The molecule has 7 heteroatoms. The molecule has 0 bridgehead atoms. The fourth-order valence-electron chi connectivity index (χ4n) is 2.59. The van der Waals surface area contributed by atoms with Gasteiger partial charge < -0.3 is 9.84 Å². The van der Waals surface area contributed by atoms with Crippen molar-refractivity contribution in [2.45, 2.75) is 12.6 Å². The van der Waals surface area contributed by atoms with Crippen LogP contribution in [-0.4, -0.2) is 66.8 Å². The first-order valence-corrected chi connectivity index (χ1v) is 7.92. The number of carbonyl (C=O) groups is 1. The molecule has 1 aromatic rings. The summed E-state index contributed by atoms with van der Waals surface area (Å²) in [4.78, 5) is 14.6. The Morgan fingerprint density at radius 1 is 1.59 bits per heavy atom. The van der Waals surface area contributed by atoms with Crippen molar-refractivity contribution >= 4 is 21.9 Å². The third-order valence-electron chi connectivity index (χ3n) is 3.57. The molecule has 0 amide bonds. The van der Waals surface area contributed by atoms with Crippen molar-refractivity contribution in [2.75, 3.05) is 39.8 Å². The maximum Gasteiger partial charge on any atom is 0.317 e. The highest BCUT2D eigenvalue weighted by Crippen LogP contribution is 2.22. The second-order valence-corrected chi connectivity index (χ2v) is 6.32. The van der Waals surface area contributed by atoms with E-state index in [1.807, 2.05) is 6.07 Å². The minimum absolute atomic E-state index is 0.00466. The highest BCUT2D eigenvalue weighted by molar-refractivity contribution is 9.10. The number of halogens is 2. The van der Waals surface area contributed by atoms with E-state index in [0.717, 1.165) is 12.1 Å². The Kier molecular flexibility index (Phi) is 6.31. The lowest BCUT2D eigenvalue weighted by Gasteiger charge is -2.34. The Bertz CT molecular complexity index is 530. The normalized spacial score (nSPS) is 19.5. The van der Waals surface area contributed by atoms with Gasteiger partial charge in [-0.25, -0.2) is 4.39 Å². The molecular formula is C15H20BrFN2O3. The second kappa shape index (κ2) is 8.01. The Labute approximate surface area is 137 Å². The molecule has 0 saturated carbocycles. The number of ether oxygens (including phenoxy) is 1. The van der Waals surface area contributed by atoms with Crippen LogP contribution in [0, 0.1) is 5.82 Å². The Balaban J connectivity index is 1.90. The van der Waals surface area contributed by atoms with Crippen molar-refractivity contribution in [1.82, 2.24) is 9.80 Å². The molecule has 1 unspecified atom stereocenters. The molecule has 1 heterocycles. The molecule has 1 aliphatic rings. The number of likely N-dealkylation sites (N-methyl/N-ethyl adjacent to an activating group) is 1. The summed E-state index contributed by atoms with van der Waals surface area (Å²) in [7, 11) is 1.76. The first kappa shape index (κ1) is 17.3. The molecule has 2 rings (SSSR count). The predicted octanol–water partition coefficient (Wildman–Crippen LogP) is 1.81. The lowest BCUT2D eigenvalue weighted by molar-refractivity contribution is -0.138. The van der Waals surface area contributed by atoms with Gasteiger partial charge >= 0.3 is 5.97 Å². The summed E-state index contributed by atoms with van der Waals surface area (Å²) in [6.45, 7) is 3.27. The highest BCUT2D eigenvalue weighted by atomic mass is 79.9. The van der Waals surface area contributed by atoms with Gasteiger partial charge in [0.2, 0.25) is 0 Å². The summed E-state index contributed by atoms with van der Waals surface area (Å²) in [6.07, 6.45) is -0.0366. The minimum atomic E-state index is -0.848. The smallest absolute Gasteiger partial charge is 0.317 e. The second-order valence-electron chi connectivity index (χ2n) is 5.53. The van der Waals surface area contributed by atoms with Gasteiger partial charge in [0.1, 0.15) is 5.82 Å². The summed E-state index contributed by atoms with van der Waals surface area (Å²) >= 11 is 3.28. The lowest BCUT2D eigenvalue weighted by Crippen LogP contribution is -2.47. The summed E-state index contributed by atoms with van der Waals surface area (Å²) in [5.74, 6) is -1.11. The van der Waals surface area contributed by atoms with E-state index >= 15 is 0 Å². The molecule has 0 aromatic heterocycles. The van der Waals surface area contributed by atoms with Gasteiger partial charge in [-0.1, -0.05) is 12.1 Å². The third-order valence-corrected chi connectivity index (χ3v) is 4.46. The SMILES string of the molecule is CN(CC(=O)O)CC1CN(Cc2cccc(F)c2Br)CCO1. The average molecular weight is 375 g/mol. The van der Waals surface area contributed by atoms with Crippen molar-refractivity contribution < 1.29 is 19.0 Å². The summed E-state index contributed by atoms with van der Waals surface area (Å²) in [5, 5.41) is 8.78. The molecule has 0 radical (unpaired) electrons. The number of benzene rings is 1. The number of hydrogen-bond acceptors (Lipinski definition) is 4. The molecule has 122 valence electrons. The van der Waals surface area contributed by atoms with Gasteiger partial charge in [-0.15, -0.1) is 0 Å². The van der Waals surface area contributed by atoms with E-state index in [1.54, 1.807) is 18.0 Å². The quantitative estimate of drug-likeness (QED) is 0.822. The highest BCUT2D eigenvalue weighted by Gasteiger charge is 2.23. The predicted molar refractivity (Wildman–Crippen MR) is 84.2 cm³/mol. The van der Waals surface area contributed by atoms with Crippen molar-refractivity contribution in [3.8, 4) is 0 Å². The number of carboxylic acids is 1. The first-order valence-electron chi connectivity index (χ1n) is 7.13. The van der Waals surface area contributed by atoms with E-state index in [-0.39, 0.29) is 18.5 Å². The molecule has 1 aromatic carbocycles. The molecule has 22 heavy (non-hydrogen) atoms. The van der Waals surface area contributed by atoms with Crippen molar-refractivity contribution in [2.24, 2.45) is 0 Å². The summed E-state index contributed by atoms with van der Waals surface area (Å²) < 4.78 is 19.7. The molecule has 1 atom stereocenters. The van der Waals surface area contributed by atoms with E-state index in [9.17, 15) is 9.18 Å². The molecule has 0 spiro atoms. The number of nitrogens with zero attached hydrogens (tertiary/aromatic N) is 2. The third kappa shape index (κ3) is 5.01. The molecule has 5 nitrogen and oxygen atoms in total. The molecular weight excluding hydrogens is 355 g/mol. The summed E-state index contributed by atoms with van der Waals surface area (Å²) in [6, 6.07) is 5.03. The molecule has 0 aliphatic carbocycles. The Hall–Kier alpha value is -1.02. The molecule has 1 fully saturated rings. The van der Waals surface area contributed by atoms with Crippen LogP contribution in [0.3, 0.4) is 0 Å². The van der Waals surface area contributed by atoms with Crippen LogP contribution in [0.2, 0.25) is 0 Å². The molecule has 1 saturated heterocycles. The standard InChI is InChI=1S/C15H20BrFN2O3/c1-18(10-14(20)21)8-12-9-19(5-6-22-12)7-11-3-2-4-13(17)15(11)16/h2-4,12H,5-10H2,1H3,(H,20,21). The van der Waals surface area contributed by atoms with Crippen LogP contribution >= 0.6 is 15.9 Å². The van der Waals surface area contributed by atoms with E-state index in [2.05, 4.69) is 20.8 Å². The average Bonchev–Trinajstić information content (AvgIpc) is 2.43. The summed E-state index contributed by atoms with van der Waals surface area (Å²) in [5.41, 5.74) is 0.902. The maximum absolute atomic E-state index is 13.6. The number of carboxylic acid groups (broad SMARTS) is 1. The fourth-order valence-corrected chi connectivity index (χ4v) is 2.98. The van der Waals surface area contributed by atoms with Crippen LogP contribution in [0.4, 0.5) is 4.39 Å². The van der Waals surface area contributed by atoms with E-state index < -0.39 is 5.97 Å². The van der Waals surface area contributed by atoms with Gasteiger partial charge in [0.15, 0.2) is 0 Å². The van der Waals surface area contributed by atoms with Crippen LogP contribution < -0.4 is 0 Å². The van der Waals surface area contributed by atoms with Gasteiger partial charge in [-0.3, -0.25) is 14.6 Å². The number of hydrogen-bond donors (Lipinski definition) is 1. The Morgan fingerprint density at radius 3 is 3.09 bits per heavy atom. The first-order chi connectivity index (χ1) is 10.5. The van der Waals surface area contributed by atoms with Gasteiger partial charge in [-0.2, -0.15) is 0 Å². The maximum atomic E-state index is 13.6. The molecule has 1 N–H and O–H groups in total. The van der Waals surface area contributed by atoms with Crippen LogP contribution in [0.5, 0.6) is 0 Å². The zero-order valence-corrected chi connectivity index (χ0v) is 14.1. The van der Waals surface area contributed by atoms with Crippen molar-refractivity contribution in [3.63, 3.8) is 0 Å². The van der Waals surface area contributed by atoms with E-state index in [0.29, 0.717) is 30.7 Å². The van der Waals surface area contributed by atoms with Crippen molar-refractivity contribution in [3.05, 3.63) is 34.1 Å². The van der Waals surface area contributed by atoms with Crippen LogP contribution in [0.15, 0.2) is 22.7 Å². The topological polar surface area (TPSA) is 53.0 Å². The van der Waals surface area contributed by atoms with Gasteiger partial charge in [-0.05, 0) is 34.6 Å². The number of morpholine rings is 1. The van der Waals surface area contributed by atoms with Gasteiger partial charge in [0.05, 0.1) is 23.7 Å². The number of rotatable bonds is 6. The van der Waals surface area contributed by atoms with Gasteiger partial charge in [0.25, 0.3) is 0 Å². The number of aliphatic carboxylic acids is 1.